The van der Waals surface area contributed by atoms with Gasteiger partial charge >= 0.3 is 0 Å². The Labute approximate surface area is 88.3 Å². The zero-order chi connectivity index (χ0) is 10.8. The topological polar surface area (TPSA) is 17.1 Å². The second-order valence-electron chi connectivity index (χ2n) is 6.04. The van der Waals surface area contributed by atoms with Crippen molar-refractivity contribution in [3.8, 4) is 0 Å². The number of carbonyl (C=O) groups is 1. The molecule has 1 aliphatic carbocycles. The van der Waals surface area contributed by atoms with Crippen molar-refractivity contribution in [3.63, 3.8) is 0 Å². The fourth-order valence-corrected chi connectivity index (χ4v) is 2.31. The summed E-state index contributed by atoms with van der Waals surface area (Å²) in [5.74, 6) is 1.51. The Bertz CT molecular complexity index is 200. The molecular formula is C13H24O. The molecule has 1 rings (SSSR count). The maximum absolute atomic E-state index is 11.5. The average molecular weight is 196 g/mol. The van der Waals surface area contributed by atoms with Crippen LogP contribution in [0.3, 0.4) is 0 Å². The van der Waals surface area contributed by atoms with Gasteiger partial charge in [-0.2, -0.15) is 0 Å². The molecule has 0 saturated heterocycles. The van der Waals surface area contributed by atoms with Crippen molar-refractivity contribution in [2.45, 2.75) is 59.8 Å². The van der Waals surface area contributed by atoms with Crippen LogP contribution < -0.4 is 0 Å². The molecule has 14 heavy (non-hydrogen) atoms. The molecule has 82 valence electrons. The summed E-state index contributed by atoms with van der Waals surface area (Å²) in [6, 6.07) is 0. The summed E-state index contributed by atoms with van der Waals surface area (Å²) in [7, 11) is 0. The van der Waals surface area contributed by atoms with Crippen LogP contribution in [0.4, 0.5) is 0 Å². The Hall–Kier alpha value is -0.330. The summed E-state index contributed by atoms with van der Waals surface area (Å²) in [5.41, 5.74) is 0.413. The molecule has 1 saturated carbocycles. The third-order valence-corrected chi connectivity index (χ3v) is 3.39. The molecule has 1 aliphatic rings. The Morgan fingerprint density at radius 2 is 2.07 bits per heavy atom. The normalized spacial score (nSPS) is 25.4. The first-order valence-corrected chi connectivity index (χ1v) is 5.93. The second kappa shape index (κ2) is 4.46. The molecule has 1 fully saturated rings. The van der Waals surface area contributed by atoms with E-state index in [1.54, 1.807) is 0 Å². The quantitative estimate of drug-likeness (QED) is 0.670. The first-order valence-electron chi connectivity index (χ1n) is 5.93. The van der Waals surface area contributed by atoms with Crippen molar-refractivity contribution >= 4 is 5.78 Å². The van der Waals surface area contributed by atoms with Gasteiger partial charge in [-0.15, -0.1) is 0 Å². The smallest absolute Gasteiger partial charge is 0.136 e. The standard InChI is InChI=1S/C13H24O/c1-10(8-9-13(2,3)4)11-6-5-7-12(11)14/h10-11H,5-9H2,1-4H3. The molecule has 2 unspecified atom stereocenters. The van der Waals surface area contributed by atoms with E-state index in [4.69, 9.17) is 0 Å². The molecule has 0 spiro atoms. The van der Waals surface area contributed by atoms with E-state index < -0.39 is 0 Å². The SMILES string of the molecule is CC(CCC(C)(C)C)C1CCCC1=O. The van der Waals surface area contributed by atoms with Gasteiger partial charge in [-0.25, -0.2) is 0 Å². The Balaban J connectivity index is 2.34. The van der Waals surface area contributed by atoms with Gasteiger partial charge in [0.25, 0.3) is 0 Å². The predicted octanol–water partition coefficient (Wildman–Crippen LogP) is 3.82. The van der Waals surface area contributed by atoms with Crippen LogP contribution in [0.25, 0.3) is 0 Å². The van der Waals surface area contributed by atoms with E-state index in [2.05, 4.69) is 27.7 Å². The van der Waals surface area contributed by atoms with Crippen LogP contribution in [-0.2, 0) is 4.79 Å². The van der Waals surface area contributed by atoms with E-state index in [9.17, 15) is 4.79 Å². The molecule has 0 amide bonds. The van der Waals surface area contributed by atoms with E-state index in [-0.39, 0.29) is 0 Å². The molecule has 0 aromatic rings. The van der Waals surface area contributed by atoms with Crippen LogP contribution in [-0.4, -0.2) is 5.78 Å². The molecule has 0 N–H and O–H groups in total. The van der Waals surface area contributed by atoms with Gasteiger partial charge in [0.1, 0.15) is 5.78 Å². The highest BCUT2D eigenvalue weighted by Gasteiger charge is 2.29. The first kappa shape index (κ1) is 11.7. The fraction of sp³-hybridized carbons (Fsp3) is 0.923. The molecular weight excluding hydrogens is 172 g/mol. The highest BCUT2D eigenvalue weighted by atomic mass is 16.1. The number of Topliss-reactive ketones (excluding diaryl/α,β-unsaturated/α-hetero) is 1. The van der Waals surface area contributed by atoms with Crippen molar-refractivity contribution in [2.75, 3.05) is 0 Å². The van der Waals surface area contributed by atoms with E-state index >= 15 is 0 Å². The third kappa shape index (κ3) is 3.43. The van der Waals surface area contributed by atoms with Gasteiger partial charge in [0, 0.05) is 12.3 Å². The molecule has 1 heteroatoms. The lowest BCUT2D eigenvalue weighted by Crippen LogP contribution is -2.18. The molecule has 2 atom stereocenters. The van der Waals surface area contributed by atoms with Crippen LogP contribution >= 0.6 is 0 Å². The van der Waals surface area contributed by atoms with Gasteiger partial charge in [-0.1, -0.05) is 27.7 Å². The first-order chi connectivity index (χ1) is 6.40. The largest absolute Gasteiger partial charge is 0.299 e. The molecule has 0 aliphatic heterocycles. The van der Waals surface area contributed by atoms with Gasteiger partial charge in [0.15, 0.2) is 0 Å². The number of ketones is 1. The number of carbonyl (C=O) groups excluding carboxylic acids is 1. The number of hydrogen-bond donors (Lipinski definition) is 0. The van der Waals surface area contributed by atoms with Crippen molar-refractivity contribution < 1.29 is 4.79 Å². The molecule has 0 radical (unpaired) electrons. The predicted molar refractivity (Wildman–Crippen MR) is 60.2 cm³/mol. The maximum atomic E-state index is 11.5. The molecule has 0 aromatic heterocycles. The Morgan fingerprint density at radius 3 is 2.50 bits per heavy atom. The monoisotopic (exact) mass is 196 g/mol. The maximum Gasteiger partial charge on any atom is 0.136 e. The summed E-state index contributed by atoms with van der Waals surface area (Å²) < 4.78 is 0. The van der Waals surface area contributed by atoms with E-state index in [0.29, 0.717) is 23.0 Å². The lowest BCUT2D eigenvalue weighted by atomic mass is 9.82. The molecule has 0 aromatic carbocycles. The van der Waals surface area contributed by atoms with Gasteiger partial charge < -0.3 is 0 Å². The molecule has 0 heterocycles. The summed E-state index contributed by atoms with van der Waals surface area (Å²) >= 11 is 0. The Kier molecular flexibility index (Phi) is 3.74. The zero-order valence-corrected chi connectivity index (χ0v) is 10.1. The van der Waals surface area contributed by atoms with E-state index in [1.807, 2.05) is 0 Å². The summed E-state index contributed by atoms with van der Waals surface area (Å²) in [6.45, 7) is 9.07. The highest BCUT2D eigenvalue weighted by Crippen LogP contribution is 2.33. The minimum absolute atomic E-state index is 0.386. The van der Waals surface area contributed by atoms with Crippen molar-refractivity contribution in [1.82, 2.24) is 0 Å². The molecule has 1 nitrogen and oxygen atoms in total. The zero-order valence-electron chi connectivity index (χ0n) is 10.1. The lowest BCUT2D eigenvalue weighted by Gasteiger charge is -2.23. The van der Waals surface area contributed by atoms with E-state index in [0.717, 1.165) is 19.3 Å². The molecule has 0 bridgehead atoms. The minimum Gasteiger partial charge on any atom is -0.299 e. The average Bonchev–Trinajstić information content (AvgIpc) is 2.46. The highest BCUT2D eigenvalue weighted by molar-refractivity contribution is 5.83. The van der Waals surface area contributed by atoms with Gasteiger partial charge in [-0.3, -0.25) is 4.79 Å². The number of rotatable bonds is 3. The van der Waals surface area contributed by atoms with Crippen molar-refractivity contribution in [1.29, 1.82) is 0 Å². The lowest BCUT2D eigenvalue weighted by molar-refractivity contribution is -0.122. The fourth-order valence-electron chi connectivity index (χ4n) is 2.31. The van der Waals surface area contributed by atoms with Crippen LogP contribution in [0, 0.1) is 17.3 Å². The van der Waals surface area contributed by atoms with Crippen LogP contribution in [0.15, 0.2) is 0 Å². The number of hydrogen-bond acceptors (Lipinski definition) is 1. The Morgan fingerprint density at radius 1 is 1.43 bits per heavy atom. The van der Waals surface area contributed by atoms with Crippen LogP contribution in [0.1, 0.15) is 59.8 Å². The van der Waals surface area contributed by atoms with Crippen LogP contribution in [0.2, 0.25) is 0 Å². The summed E-state index contributed by atoms with van der Waals surface area (Å²) in [6.07, 6.45) is 5.55. The minimum atomic E-state index is 0.386. The van der Waals surface area contributed by atoms with Gasteiger partial charge in [0.2, 0.25) is 0 Å². The van der Waals surface area contributed by atoms with E-state index in [1.165, 1.54) is 12.8 Å². The third-order valence-electron chi connectivity index (χ3n) is 3.39. The summed E-state index contributed by atoms with van der Waals surface area (Å²) in [5, 5.41) is 0. The summed E-state index contributed by atoms with van der Waals surface area (Å²) in [4.78, 5) is 11.5. The van der Waals surface area contributed by atoms with Gasteiger partial charge in [0.05, 0.1) is 0 Å². The van der Waals surface area contributed by atoms with Crippen LogP contribution in [0.5, 0.6) is 0 Å². The van der Waals surface area contributed by atoms with Crippen molar-refractivity contribution in [3.05, 3.63) is 0 Å². The van der Waals surface area contributed by atoms with Gasteiger partial charge in [-0.05, 0) is 37.0 Å². The van der Waals surface area contributed by atoms with Crippen molar-refractivity contribution in [2.24, 2.45) is 17.3 Å². The second-order valence-corrected chi connectivity index (χ2v) is 6.04.